The number of nitrogens with one attached hydrogen (secondary N) is 1. The lowest BCUT2D eigenvalue weighted by Gasteiger charge is -2.13. The third kappa shape index (κ3) is 5.45. The van der Waals surface area contributed by atoms with Gasteiger partial charge in [-0.1, -0.05) is 19.6 Å². The van der Waals surface area contributed by atoms with E-state index < -0.39 is 17.9 Å². The Balaban J connectivity index is 2.44. The van der Waals surface area contributed by atoms with Gasteiger partial charge in [-0.25, -0.2) is 4.79 Å². The van der Waals surface area contributed by atoms with Crippen LogP contribution in [0.25, 0.3) is 0 Å². The number of carbonyl (C=O) groups is 2. The zero-order valence-corrected chi connectivity index (χ0v) is 12.4. The number of hydrogen-bond donors (Lipinski definition) is 3. The summed E-state index contributed by atoms with van der Waals surface area (Å²) in [6.45, 7) is 4.95. The highest BCUT2D eigenvalue weighted by Gasteiger charge is 2.16. The van der Waals surface area contributed by atoms with Crippen molar-refractivity contribution in [1.82, 2.24) is 0 Å². The summed E-state index contributed by atoms with van der Waals surface area (Å²) in [7, 11) is 0. The van der Waals surface area contributed by atoms with Crippen LogP contribution < -0.4 is 11.2 Å². The van der Waals surface area contributed by atoms with Crippen molar-refractivity contribution in [3.8, 4) is 0 Å². The van der Waals surface area contributed by atoms with Gasteiger partial charge >= 0.3 is 11.9 Å². The van der Waals surface area contributed by atoms with Crippen LogP contribution in [0, 0.1) is 5.92 Å². The second-order valence-electron chi connectivity index (χ2n) is 4.67. The fraction of sp³-hybridized carbons (Fsp3) is 0.333. The highest BCUT2D eigenvalue weighted by Crippen LogP contribution is 2.21. The Morgan fingerprint density at radius 3 is 2.68 bits per heavy atom. The maximum Gasteiger partial charge on any atom is 0.330 e. The highest BCUT2D eigenvalue weighted by atomic mass is 16.6. The van der Waals surface area contributed by atoms with Crippen LogP contribution >= 0.6 is 0 Å². The summed E-state index contributed by atoms with van der Waals surface area (Å²) in [6.07, 6.45) is 1.45. The summed E-state index contributed by atoms with van der Waals surface area (Å²) < 4.78 is 9.71. The van der Waals surface area contributed by atoms with Crippen LogP contribution in [0.15, 0.2) is 30.9 Å². The Labute approximate surface area is 128 Å². The molecule has 0 saturated carbocycles. The topological polar surface area (TPSA) is 111 Å². The maximum absolute atomic E-state index is 11.8. The molecule has 0 aliphatic carbocycles. The summed E-state index contributed by atoms with van der Waals surface area (Å²) in [6, 6.07) is 4.95. The van der Waals surface area contributed by atoms with E-state index in [-0.39, 0.29) is 13.2 Å². The van der Waals surface area contributed by atoms with Crippen molar-refractivity contribution < 1.29 is 24.3 Å². The van der Waals surface area contributed by atoms with E-state index in [0.29, 0.717) is 17.8 Å². The molecule has 1 unspecified atom stereocenters. The first kappa shape index (κ1) is 17.5. The number of rotatable bonds is 8. The van der Waals surface area contributed by atoms with Gasteiger partial charge in [-0.3, -0.25) is 15.5 Å². The molecule has 4 N–H and O–H groups in total. The summed E-state index contributed by atoms with van der Waals surface area (Å²) in [5.74, 6) is -1.36. The van der Waals surface area contributed by atoms with Gasteiger partial charge < -0.3 is 15.2 Å². The van der Waals surface area contributed by atoms with Gasteiger partial charge in [0.1, 0.15) is 13.2 Å². The summed E-state index contributed by atoms with van der Waals surface area (Å²) >= 11 is 0. The standard InChI is InChI=1S/C15H20N2O5/c1-3-14(18)21-6-7-22-15(19)10(2)8-11-4-5-12(17-20)9-13(11)16/h3-5,9-10,17,20H,1,6-8,16H2,2H3. The molecule has 0 aromatic heterocycles. The van der Waals surface area contributed by atoms with E-state index in [1.54, 1.807) is 25.1 Å². The number of anilines is 2. The lowest BCUT2D eigenvalue weighted by atomic mass is 9.99. The number of nitrogens with two attached hydrogens (primary N) is 1. The molecule has 1 rings (SSSR count). The molecular weight excluding hydrogens is 288 g/mol. The zero-order valence-electron chi connectivity index (χ0n) is 12.4. The van der Waals surface area contributed by atoms with Crippen molar-refractivity contribution in [2.24, 2.45) is 5.92 Å². The van der Waals surface area contributed by atoms with Gasteiger partial charge in [-0.2, -0.15) is 0 Å². The molecule has 120 valence electrons. The molecule has 0 saturated heterocycles. The Kier molecular flexibility index (Phi) is 6.91. The van der Waals surface area contributed by atoms with Crippen LogP contribution in [0.5, 0.6) is 0 Å². The van der Waals surface area contributed by atoms with Gasteiger partial charge in [0.15, 0.2) is 0 Å². The lowest BCUT2D eigenvalue weighted by molar-refractivity contribution is -0.152. The predicted molar refractivity (Wildman–Crippen MR) is 81.2 cm³/mol. The van der Waals surface area contributed by atoms with E-state index in [4.69, 9.17) is 20.4 Å². The van der Waals surface area contributed by atoms with E-state index in [0.717, 1.165) is 11.6 Å². The molecule has 0 amide bonds. The monoisotopic (exact) mass is 308 g/mol. The molecule has 0 fully saturated rings. The van der Waals surface area contributed by atoms with Crippen molar-refractivity contribution in [3.05, 3.63) is 36.4 Å². The minimum Gasteiger partial charge on any atom is -0.462 e. The van der Waals surface area contributed by atoms with Crippen molar-refractivity contribution >= 4 is 23.3 Å². The number of nitrogen functional groups attached to an aromatic ring is 1. The van der Waals surface area contributed by atoms with Crippen molar-refractivity contribution in [3.63, 3.8) is 0 Å². The molecule has 0 aliphatic heterocycles. The van der Waals surface area contributed by atoms with Crippen molar-refractivity contribution in [2.45, 2.75) is 13.3 Å². The second-order valence-corrected chi connectivity index (χ2v) is 4.67. The molecular formula is C15H20N2O5. The van der Waals surface area contributed by atoms with E-state index in [9.17, 15) is 9.59 Å². The normalized spacial score (nSPS) is 11.4. The largest absolute Gasteiger partial charge is 0.462 e. The van der Waals surface area contributed by atoms with Crippen molar-refractivity contribution in [1.29, 1.82) is 0 Å². The smallest absolute Gasteiger partial charge is 0.330 e. The van der Waals surface area contributed by atoms with Crippen LogP contribution in [-0.2, 0) is 25.5 Å². The fourth-order valence-electron chi connectivity index (χ4n) is 1.75. The molecule has 0 heterocycles. The van der Waals surface area contributed by atoms with Gasteiger partial charge in [0.2, 0.25) is 0 Å². The van der Waals surface area contributed by atoms with Gasteiger partial charge in [-0.15, -0.1) is 0 Å². The quantitative estimate of drug-likeness (QED) is 0.219. The molecule has 22 heavy (non-hydrogen) atoms. The molecule has 0 bridgehead atoms. The zero-order chi connectivity index (χ0) is 16.5. The highest BCUT2D eigenvalue weighted by molar-refractivity contribution is 5.81. The number of benzene rings is 1. The average Bonchev–Trinajstić information content (AvgIpc) is 2.52. The molecule has 1 aromatic rings. The van der Waals surface area contributed by atoms with Crippen LogP contribution in [0.1, 0.15) is 12.5 Å². The minimum absolute atomic E-state index is 0.00833. The van der Waals surface area contributed by atoms with Crippen LogP contribution in [0.4, 0.5) is 11.4 Å². The average molecular weight is 308 g/mol. The second kappa shape index (κ2) is 8.68. The fourth-order valence-corrected chi connectivity index (χ4v) is 1.75. The number of ether oxygens (including phenoxy) is 2. The molecule has 0 radical (unpaired) electrons. The van der Waals surface area contributed by atoms with Crippen molar-refractivity contribution in [2.75, 3.05) is 24.4 Å². The summed E-state index contributed by atoms with van der Waals surface area (Å²) in [5.41, 5.74) is 9.57. The SMILES string of the molecule is C=CC(=O)OCCOC(=O)C(C)Cc1ccc(NO)cc1N. The minimum atomic E-state index is -0.561. The predicted octanol–water partition coefficient (Wildman–Crippen LogP) is 1.52. The van der Waals surface area contributed by atoms with Crippen LogP contribution in [0.2, 0.25) is 0 Å². The first-order valence-electron chi connectivity index (χ1n) is 6.72. The van der Waals surface area contributed by atoms with E-state index in [1.807, 2.05) is 5.48 Å². The Morgan fingerprint density at radius 1 is 1.41 bits per heavy atom. The maximum atomic E-state index is 11.8. The summed E-state index contributed by atoms with van der Waals surface area (Å²) in [4.78, 5) is 22.6. The Hall–Kier alpha value is -2.54. The Bertz CT molecular complexity index is 545. The third-order valence-electron chi connectivity index (χ3n) is 2.94. The first-order chi connectivity index (χ1) is 10.5. The van der Waals surface area contributed by atoms with Gasteiger partial charge in [0.05, 0.1) is 11.6 Å². The van der Waals surface area contributed by atoms with Gasteiger partial charge in [0.25, 0.3) is 0 Å². The number of carbonyl (C=O) groups excluding carboxylic acids is 2. The molecule has 7 heteroatoms. The molecule has 1 atom stereocenters. The number of hydrogen-bond acceptors (Lipinski definition) is 7. The first-order valence-corrected chi connectivity index (χ1v) is 6.72. The molecule has 0 spiro atoms. The molecule has 1 aromatic carbocycles. The number of esters is 2. The van der Waals surface area contributed by atoms with Crippen LogP contribution in [0.3, 0.4) is 0 Å². The van der Waals surface area contributed by atoms with E-state index in [2.05, 4.69) is 6.58 Å². The molecule has 7 nitrogen and oxygen atoms in total. The third-order valence-corrected chi connectivity index (χ3v) is 2.94. The van der Waals surface area contributed by atoms with Gasteiger partial charge in [0, 0.05) is 11.8 Å². The van der Waals surface area contributed by atoms with E-state index in [1.165, 1.54) is 0 Å². The molecule has 0 aliphatic rings. The lowest BCUT2D eigenvalue weighted by Crippen LogP contribution is -2.20. The Morgan fingerprint density at radius 2 is 2.09 bits per heavy atom. The van der Waals surface area contributed by atoms with E-state index >= 15 is 0 Å². The van der Waals surface area contributed by atoms with Gasteiger partial charge in [-0.05, 0) is 24.1 Å². The summed E-state index contributed by atoms with van der Waals surface area (Å²) in [5, 5.41) is 8.78. The van der Waals surface area contributed by atoms with Crippen LogP contribution in [-0.4, -0.2) is 30.4 Å².